The highest BCUT2D eigenvalue weighted by Crippen LogP contribution is 2.17. The van der Waals surface area contributed by atoms with Gasteiger partial charge in [-0.25, -0.2) is 9.97 Å². The zero-order valence-electron chi connectivity index (χ0n) is 9.31. The van der Waals surface area contributed by atoms with Crippen molar-refractivity contribution >= 4 is 11.6 Å². The predicted octanol–water partition coefficient (Wildman–Crippen LogP) is 2.71. The maximum atomic E-state index is 5.92. The van der Waals surface area contributed by atoms with Gasteiger partial charge in [0.2, 0.25) is 0 Å². The van der Waals surface area contributed by atoms with Gasteiger partial charge in [0, 0.05) is 18.4 Å². The van der Waals surface area contributed by atoms with Gasteiger partial charge in [0.25, 0.3) is 0 Å². The Morgan fingerprint density at radius 2 is 2.19 bits per heavy atom. The largest absolute Gasteiger partial charge is 0.262 e. The maximum Gasteiger partial charge on any atom is 0.179 e. The quantitative estimate of drug-likeness (QED) is 0.770. The average molecular weight is 237 g/mol. The normalized spacial score (nSPS) is 10.7. The number of aryl methyl sites for hydroxylation is 2. The van der Waals surface area contributed by atoms with E-state index in [9.17, 15) is 0 Å². The second-order valence-electron chi connectivity index (χ2n) is 3.60. The van der Waals surface area contributed by atoms with E-state index in [-0.39, 0.29) is 0 Å². The lowest BCUT2D eigenvalue weighted by molar-refractivity contribution is 0.606. The number of aromatic nitrogens is 4. The summed E-state index contributed by atoms with van der Waals surface area (Å²) in [6.07, 6.45) is 2.78. The van der Waals surface area contributed by atoms with Crippen LogP contribution >= 0.6 is 11.6 Å². The smallest absolute Gasteiger partial charge is 0.179 e. The van der Waals surface area contributed by atoms with Crippen LogP contribution in [0.2, 0.25) is 5.15 Å². The Bertz CT molecular complexity index is 472. The van der Waals surface area contributed by atoms with Gasteiger partial charge in [-0.2, -0.15) is 5.10 Å². The Labute approximate surface area is 99.3 Å². The molecule has 0 aliphatic carbocycles. The molecule has 0 aliphatic heterocycles. The first kappa shape index (κ1) is 11.1. The number of nitrogens with zero attached hydrogens (tertiary/aromatic N) is 4. The summed E-state index contributed by atoms with van der Waals surface area (Å²) in [5.74, 6) is 0.635. The summed E-state index contributed by atoms with van der Waals surface area (Å²) in [7, 11) is 0. The highest BCUT2D eigenvalue weighted by molar-refractivity contribution is 6.29. The molecule has 0 saturated carbocycles. The number of hydrogen-bond donors (Lipinski definition) is 0. The van der Waals surface area contributed by atoms with Crippen molar-refractivity contribution in [3.63, 3.8) is 0 Å². The topological polar surface area (TPSA) is 43.6 Å². The van der Waals surface area contributed by atoms with Gasteiger partial charge in [0.1, 0.15) is 10.8 Å². The Kier molecular flexibility index (Phi) is 3.19. The van der Waals surface area contributed by atoms with E-state index in [2.05, 4.69) is 22.0 Å². The standard InChI is InChI=1S/C11H13ClN4/c1-3-6-16-9(4-5-13-16)11-14-8(2)7-10(12)15-11/h4-5,7H,3,6H2,1-2H3. The third-order valence-electron chi connectivity index (χ3n) is 2.20. The van der Waals surface area contributed by atoms with Crippen LogP contribution in [0.4, 0.5) is 0 Å². The fourth-order valence-electron chi connectivity index (χ4n) is 1.56. The molecular formula is C11H13ClN4. The molecule has 84 valence electrons. The summed E-state index contributed by atoms with van der Waals surface area (Å²) in [4.78, 5) is 8.58. The van der Waals surface area contributed by atoms with E-state index in [1.54, 1.807) is 12.3 Å². The van der Waals surface area contributed by atoms with Gasteiger partial charge in [-0.1, -0.05) is 18.5 Å². The molecule has 0 N–H and O–H groups in total. The van der Waals surface area contributed by atoms with Crippen LogP contribution in [0.15, 0.2) is 18.3 Å². The molecule has 5 heteroatoms. The molecule has 0 atom stereocenters. The highest BCUT2D eigenvalue weighted by atomic mass is 35.5. The Morgan fingerprint density at radius 3 is 2.88 bits per heavy atom. The van der Waals surface area contributed by atoms with Crippen LogP contribution in [0, 0.1) is 6.92 Å². The first-order valence-corrected chi connectivity index (χ1v) is 5.62. The summed E-state index contributed by atoms with van der Waals surface area (Å²) < 4.78 is 1.89. The van der Waals surface area contributed by atoms with Gasteiger partial charge in [0.15, 0.2) is 5.82 Å². The lowest BCUT2D eigenvalue weighted by atomic mass is 10.3. The highest BCUT2D eigenvalue weighted by Gasteiger charge is 2.09. The predicted molar refractivity (Wildman–Crippen MR) is 63.3 cm³/mol. The van der Waals surface area contributed by atoms with Crippen LogP contribution in [0.5, 0.6) is 0 Å². The molecule has 4 nitrogen and oxygen atoms in total. The number of hydrogen-bond acceptors (Lipinski definition) is 3. The van der Waals surface area contributed by atoms with E-state index in [0.29, 0.717) is 11.0 Å². The Hall–Kier alpha value is -1.42. The summed E-state index contributed by atoms with van der Waals surface area (Å²) in [5.41, 5.74) is 1.77. The van der Waals surface area contributed by atoms with E-state index in [1.807, 2.05) is 17.7 Å². The number of halogens is 1. The first-order valence-electron chi connectivity index (χ1n) is 5.24. The zero-order chi connectivity index (χ0) is 11.5. The molecule has 0 fully saturated rings. The minimum Gasteiger partial charge on any atom is -0.262 e. The third-order valence-corrected chi connectivity index (χ3v) is 2.40. The van der Waals surface area contributed by atoms with Crippen molar-refractivity contribution in [1.82, 2.24) is 19.7 Å². The first-order chi connectivity index (χ1) is 7.70. The van der Waals surface area contributed by atoms with Crippen LogP contribution < -0.4 is 0 Å². The Balaban J connectivity index is 2.45. The average Bonchev–Trinajstić information content (AvgIpc) is 2.65. The molecule has 2 aromatic rings. The van der Waals surface area contributed by atoms with Crippen molar-refractivity contribution in [2.24, 2.45) is 0 Å². The molecule has 16 heavy (non-hydrogen) atoms. The maximum absolute atomic E-state index is 5.92. The molecule has 0 unspecified atom stereocenters. The van der Waals surface area contributed by atoms with Crippen molar-refractivity contribution in [1.29, 1.82) is 0 Å². The molecule has 0 saturated heterocycles. The summed E-state index contributed by atoms with van der Waals surface area (Å²) in [5, 5.41) is 4.70. The van der Waals surface area contributed by atoms with Crippen LogP contribution in [-0.2, 0) is 6.54 Å². The van der Waals surface area contributed by atoms with Gasteiger partial charge < -0.3 is 0 Å². The van der Waals surface area contributed by atoms with Gasteiger partial charge in [-0.15, -0.1) is 0 Å². The van der Waals surface area contributed by atoms with Crippen molar-refractivity contribution < 1.29 is 0 Å². The van der Waals surface area contributed by atoms with Gasteiger partial charge in [0.05, 0.1) is 0 Å². The minimum atomic E-state index is 0.465. The van der Waals surface area contributed by atoms with Gasteiger partial charge >= 0.3 is 0 Å². The van der Waals surface area contributed by atoms with Crippen molar-refractivity contribution in [3.05, 3.63) is 29.2 Å². The van der Waals surface area contributed by atoms with Crippen LogP contribution in [0.3, 0.4) is 0 Å². The van der Waals surface area contributed by atoms with E-state index in [1.165, 1.54) is 0 Å². The third kappa shape index (κ3) is 2.22. The monoisotopic (exact) mass is 236 g/mol. The summed E-state index contributed by atoms with van der Waals surface area (Å²) >= 11 is 5.92. The lowest BCUT2D eigenvalue weighted by Crippen LogP contribution is -2.03. The minimum absolute atomic E-state index is 0.465. The molecule has 0 aromatic carbocycles. The summed E-state index contributed by atoms with van der Waals surface area (Å²) in [6, 6.07) is 3.65. The Morgan fingerprint density at radius 1 is 1.38 bits per heavy atom. The van der Waals surface area contributed by atoms with E-state index < -0.39 is 0 Å². The second-order valence-corrected chi connectivity index (χ2v) is 3.98. The van der Waals surface area contributed by atoms with E-state index in [0.717, 1.165) is 24.4 Å². The molecule has 0 bridgehead atoms. The SMILES string of the molecule is CCCn1nccc1-c1nc(C)cc(Cl)n1. The van der Waals surface area contributed by atoms with Crippen molar-refractivity contribution in [2.75, 3.05) is 0 Å². The molecule has 0 spiro atoms. The van der Waals surface area contributed by atoms with E-state index in [4.69, 9.17) is 11.6 Å². The molecule has 0 aliphatic rings. The number of rotatable bonds is 3. The van der Waals surface area contributed by atoms with Gasteiger partial charge in [-0.05, 0) is 25.5 Å². The van der Waals surface area contributed by atoms with Gasteiger partial charge in [-0.3, -0.25) is 4.68 Å². The summed E-state index contributed by atoms with van der Waals surface area (Å²) in [6.45, 7) is 4.87. The molecule has 0 radical (unpaired) electrons. The fraction of sp³-hybridized carbons (Fsp3) is 0.364. The van der Waals surface area contributed by atoms with E-state index >= 15 is 0 Å². The molecule has 2 rings (SSSR count). The van der Waals surface area contributed by atoms with Crippen LogP contribution in [0.25, 0.3) is 11.5 Å². The van der Waals surface area contributed by atoms with Crippen molar-refractivity contribution in [2.45, 2.75) is 26.8 Å². The molecule has 2 aromatic heterocycles. The molecule has 2 heterocycles. The van der Waals surface area contributed by atoms with Crippen LogP contribution in [-0.4, -0.2) is 19.7 Å². The molecule has 0 amide bonds. The molecular weight excluding hydrogens is 224 g/mol. The fourth-order valence-corrected chi connectivity index (χ4v) is 1.80. The van der Waals surface area contributed by atoms with Crippen molar-refractivity contribution in [3.8, 4) is 11.5 Å². The lowest BCUT2D eigenvalue weighted by Gasteiger charge is -2.05. The second kappa shape index (κ2) is 4.61. The van der Waals surface area contributed by atoms with Crippen LogP contribution in [0.1, 0.15) is 19.0 Å². The zero-order valence-corrected chi connectivity index (χ0v) is 10.1.